The molecule has 1 N–H and O–H groups in total. The van der Waals surface area contributed by atoms with Crippen molar-refractivity contribution in [3.63, 3.8) is 0 Å². The lowest BCUT2D eigenvalue weighted by Crippen LogP contribution is -2.22. The standard InChI is InChI=1S/C22H17Cl2N3O4S/c1-13-25-19-11-6-14(26-32(29,30)20-5-3-4-18(23)21(20)24)12-17(19)22(28)27(13)15-7-9-16(31-2)10-8-15/h3-12,26H,1-2H3. The number of anilines is 1. The number of halogens is 2. The number of methoxy groups -OCH3 is 1. The summed E-state index contributed by atoms with van der Waals surface area (Å²) in [6.45, 7) is 1.73. The molecule has 4 rings (SSSR count). The first-order valence-electron chi connectivity index (χ1n) is 9.36. The molecule has 1 heterocycles. The number of sulfonamides is 1. The zero-order valence-corrected chi connectivity index (χ0v) is 19.3. The molecule has 0 saturated heterocycles. The first-order chi connectivity index (χ1) is 15.2. The van der Waals surface area contributed by atoms with Gasteiger partial charge in [-0.3, -0.25) is 14.1 Å². The molecule has 0 aliphatic carbocycles. The SMILES string of the molecule is COc1ccc(-n2c(C)nc3ccc(NS(=O)(=O)c4cccc(Cl)c4Cl)cc3c2=O)cc1. The van der Waals surface area contributed by atoms with E-state index in [-0.39, 0.29) is 31.6 Å². The van der Waals surface area contributed by atoms with E-state index in [0.29, 0.717) is 22.8 Å². The van der Waals surface area contributed by atoms with Crippen LogP contribution in [0, 0.1) is 6.92 Å². The second-order valence-corrected chi connectivity index (χ2v) is 9.32. The first-order valence-corrected chi connectivity index (χ1v) is 11.6. The van der Waals surface area contributed by atoms with Crippen molar-refractivity contribution < 1.29 is 13.2 Å². The summed E-state index contributed by atoms with van der Waals surface area (Å²) >= 11 is 12.0. The van der Waals surface area contributed by atoms with Crippen LogP contribution in [-0.4, -0.2) is 25.1 Å². The molecule has 0 bridgehead atoms. The van der Waals surface area contributed by atoms with Gasteiger partial charge in [0.2, 0.25) is 0 Å². The molecule has 4 aromatic rings. The largest absolute Gasteiger partial charge is 0.497 e. The molecule has 32 heavy (non-hydrogen) atoms. The Balaban J connectivity index is 1.80. The molecule has 0 atom stereocenters. The molecular formula is C22H17Cl2N3O4S. The van der Waals surface area contributed by atoms with Gasteiger partial charge in [0, 0.05) is 5.69 Å². The van der Waals surface area contributed by atoms with Crippen molar-refractivity contribution in [2.24, 2.45) is 0 Å². The zero-order valence-electron chi connectivity index (χ0n) is 17.0. The van der Waals surface area contributed by atoms with Gasteiger partial charge in [-0.15, -0.1) is 0 Å². The van der Waals surface area contributed by atoms with Gasteiger partial charge in [-0.2, -0.15) is 0 Å². The summed E-state index contributed by atoms with van der Waals surface area (Å²) in [5.74, 6) is 1.15. The van der Waals surface area contributed by atoms with Crippen LogP contribution in [0.2, 0.25) is 10.0 Å². The maximum absolute atomic E-state index is 13.3. The van der Waals surface area contributed by atoms with Crippen molar-refractivity contribution in [3.05, 3.63) is 86.9 Å². The Morgan fingerprint density at radius 2 is 1.75 bits per heavy atom. The minimum Gasteiger partial charge on any atom is -0.497 e. The van der Waals surface area contributed by atoms with Crippen molar-refractivity contribution >= 4 is 49.8 Å². The second kappa shape index (κ2) is 8.46. The number of hydrogen-bond acceptors (Lipinski definition) is 5. The molecule has 3 aromatic carbocycles. The van der Waals surface area contributed by atoms with E-state index in [1.54, 1.807) is 44.4 Å². The maximum atomic E-state index is 13.3. The summed E-state index contributed by atoms with van der Waals surface area (Å²) in [6.07, 6.45) is 0. The molecule has 164 valence electrons. The van der Waals surface area contributed by atoms with E-state index in [4.69, 9.17) is 27.9 Å². The van der Waals surface area contributed by atoms with Gasteiger partial charge >= 0.3 is 0 Å². The van der Waals surface area contributed by atoms with Crippen LogP contribution in [0.1, 0.15) is 5.82 Å². The number of benzene rings is 3. The number of aryl methyl sites for hydroxylation is 1. The minimum absolute atomic E-state index is 0.0818. The summed E-state index contributed by atoms with van der Waals surface area (Å²) in [6, 6.07) is 15.9. The van der Waals surface area contributed by atoms with E-state index >= 15 is 0 Å². The lowest BCUT2D eigenvalue weighted by atomic mass is 10.2. The number of fused-ring (bicyclic) bond motifs is 1. The van der Waals surface area contributed by atoms with Crippen LogP contribution in [0.3, 0.4) is 0 Å². The summed E-state index contributed by atoms with van der Waals surface area (Å²) in [4.78, 5) is 17.6. The van der Waals surface area contributed by atoms with Gasteiger partial charge in [0.25, 0.3) is 15.6 Å². The highest BCUT2D eigenvalue weighted by atomic mass is 35.5. The molecule has 0 unspecified atom stereocenters. The number of hydrogen-bond donors (Lipinski definition) is 1. The van der Waals surface area contributed by atoms with Crippen LogP contribution in [0.4, 0.5) is 5.69 Å². The van der Waals surface area contributed by atoms with Gasteiger partial charge in [-0.1, -0.05) is 29.3 Å². The Morgan fingerprint density at radius 1 is 1.03 bits per heavy atom. The van der Waals surface area contributed by atoms with E-state index in [9.17, 15) is 13.2 Å². The first kappa shape index (κ1) is 22.1. The van der Waals surface area contributed by atoms with Gasteiger partial charge in [0.1, 0.15) is 16.5 Å². The Hall–Kier alpha value is -3.07. The normalized spacial score (nSPS) is 11.5. The summed E-state index contributed by atoms with van der Waals surface area (Å²) in [7, 11) is -2.48. The maximum Gasteiger partial charge on any atom is 0.266 e. The van der Waals surface area contributed by atoms with E-state index < -0.39 is 10.0 Å². The third-order valence-corrected chi connectivity index (χ3v) is 7.18. The average molecular weight is 490 g/mol. The molecule has 0 saturated carbocycles. The molecule has 0 amide bonds. The molecule has 1 aromatic heterocycles. The Morgan fingerprint density at radius 3 is 2.44 bits per heavy atom. The van der Waals surface area contributed by atoms with Crippen molar-refractivity contribution in [2.75, 3.05) is 11.8 Å². The van der Waals surface area contributed by atoms with Gasteiger partial charge in [-0.05, 0) is 61.5 Å². The lowest BCUT2D eigenvalue weighted by Gasteiger charge is -2.13. The highest BCUT2D eigenvalue weighted by Crippen LogP contribution is 2.30. The van der Waals surface area contributed by atoms with Crippen LogP contribution in [0.5, 0.6) is 5.75 Å². The number of ether oxygens (including phenoxy) is 1. The molecular weight excluding hydrogens is 473 g/mol. The Labute approximate surface area is 194 Å². The van der Waals surface area contributed by atoms with Crippen LogP contribution in [0.15, 0.2) is 70.4 Å². The van der Waals surface area contributed by atoms with Crippen LogP contribution in [-0.2, 0) is 10.0 Å². The van der Waals surface area contributed by atoms with Gasteiger partial charge in [-0.25, -0.2) is 13.4 Å². The molecule has 0 aliphatic rings. The number of nitrogens with one attached hydrogen (secondary N) is 1. The number of rotatable bonds is 5. The fourth-order valence-corrected chi connectivity index (χ4v) is 5.11. The number of aromatic nitrogens is 2. The third-order valence-electron chi connectivity index (χ3n) is 4.82. The topological polar surface area (TPSA) is 90.3 Å². The zero-order chi connectivity index (χ0) is 23.0. The summed E-state index contributed by atoms with van der Waals surface area (Å²) in [5.41, 5.74) is 0.914. The minimum atomic E-state index is -4.04. The van der Waals surface area contributed by atoms with Gasteiger partial charge in [0.15, 0.2) is 0 Å². The average Bonchev–Trinajstić information content (AvgIpc) is 2.76. The molecule has 0 radical (unpaired) electrons. The predicted molar refractivity (Wildman–Crippen MR) is 126 cm³/mol. The van der Waals surface area contributed by atoms with Crippen molar-refractivity contribution in [1.82, 2.24) is 9.55 Å². The van der Waals surface area contributed by atoms with Gasteiger partial charge < -0.3 is 4.74 Å². The molecule has 7 nitrogen and oxygen atoms in total. The summed E-state index contributed by atoms with van der Waals surface area (Å²) in [5, 5.41) is 0.292. The molecule has 0 fully saturated rings. The van der Waals surface area contributed by atoms with Gasteiger partial charge in [0.05, 0.1) is 33.7 Å². The third kappa shape index (κ3) is 4.04. The molecule has 10 heteroatoms. The van der Waals surface area contributed by atoms with E-state index in [1.165, 1.54) is 34.9 Å². The van der Waals surface area contributed by atoms with E-state index in [0.717, 1.165) is 0 Å². The van der Waals surface area contributed by atoms with E-state index in [1.807, 2.05) is 0 Å². The monoisotopic (exact) mass is 489 g/mol. The quantitative estimate of drug-likeness (QED) is 0.434. The second-order valence-electron chi connectivity index (χ2n) is 6.89. The van der Waals surface area contributed by atoms with Crippen molar-refractivity contribution in [3.8, 4) is 11.4 Å². The number of nitrogens with zero attached hydrogens (tertiary/aromatic N) is 2. The molecule has 0 spiro atoms. The summed E-state index contributed by atoms with van der Waals surface area (Å²) < 4.78 is 34.7. The lowest BCUT2D eigenvalue weighted by molar-refractivity contribution is 0.414. The van der Waals surface area contributed by atoms with Crippen LogP contribution >= 0.6 is 23.2 Å². The fraction of sp³-hybridized carbons (Fsp3) is 0.0909. The smallest absolute Gasteiger partial charge is 0.266 e. The highest BCUT2D eigenvalue weighted by molar-refractivity contribution is 7.92. The Bertz CT molecular complexity index is 1500. The highest BCUT2D eigenvalue weighted by Gasteiger charge is 2.20. The fourth-order valence-electron chi connectivity index (χ4n) is 3.30. The van der Waals surface area contributed by atoms with Crippen LogP contribution in [0.25, 0.3) is 16.6 Å². The molecule has 0 aliphatic heterocycles. The van der Waals surface area contributed by atoms with Crippen molar-refractivity contribution in [2.45, 2.75) is 11.8 Å². The van der Waals surface area contributed by atoms with Crippen LogP contribution < -0.4 is 15.0 Å². The Kier molecular flexibility index (Phi) is 5.85. The van der Waals surface area contributed by atoms with E-state index in [2.05, 4.69) is 9.71 Å². The predicted octanol–water partition coefficient (Wildman–Crippen LogP) is 4.81. The van der Waals surface area contributed by atoms with Crippen molar-refractivity contribution in [1.29, 1.82) is 0 Å².